The van der Waals surface area contributed by atoms with Crippen molar-refractivity contribution in [2.24, 2.45) is 0 Å². The molecular weight excluding hydrogens is 236 g/mol. The zero-order valence-corrected chi connectivity index (χ0v) is 9.71. The van der Waals surface area contributed by atoms with Crippen LogP contribution in [0.1, 0.15) is 18.4 Å². The molecule has 0 aliphatic heterocycles. The van der Waals surface area contributed by atoms with Gasteiger partial charge in [0.25, 0.3) is 0 Å². The molecule has 0 bridgehead atoms. The summed E-state index contributed by atoms with van der Waals surface area (Å²) in [6.07, 6.45) is 2.21. The predicted octanol–water partition coefficient (Wildman–Crippen LogP) is 3.34. The van der Waals surface area contributed by atoms with Crippen LogP contribution in [0.4, 0.5) is 4.39 Å². The van der Waals surface area contributed by atoms with Gasteiger partial charge in [0.05, 0.1) is 0 Å². The summed E-state index contributed by atoms with van der Waals surface area (Å²) in [6.45, 7) is 0.645. The number of alkyl halides is 1. The summed E-state index contributed by atoms with van der Waals surface area (Å²) in [7, 11) is 0. The number of rotatable bonds is 4. The van der Waals surface area contributed by atoms with Gasteiger partial charge < -0.3 is 5.32 Å². The molecule has 2 rings (SSSR count). The fourth-order valence-corrected chi connectivity index (χ4v) is 2.05. The molecule has 0 heterocycles. The molecule has 15 heavy (non-hydrogen) atoms. The SMILES string of the molecule is Fc1ccc(CNC2(CCl)CC2)c(Cl)c1. The minimum atomic E-state index is -0.303. The highest BCUT2D eigenvalue weighted by atomic mass is 35.5. The van der Waals surface area contributed by atoms with E-state index in [4.69, 9.17) is 23.2 Å². The molecule has 1 aliphatic rings. The Bertz CT molecular complexity index is 364. The van der Waals surface area contributed by atoms with Crippen LogP contribution in [0.25, 0.3) is 0 Å². The lowest BCUT2D eigenvalue weighted by atomic mass is 10.2. The van der Waals surface area contributed by atoms with Gasteiger partial charge in [0.1, 0.15) is 5.82 Å². The molecule has 0 saturated heterocycles. The van der Waals surface area contributed by atoms with E-state index < -0.39 is 0 Å². The van der Waals surface area contributed by atoms with Gasteiger partial charge in [0.2, 0.25) is 0 Å². The molecule has 1 fully saturated rings. The third kappa shape index (κ3) is 2.63. The van der Waals surface area contributed by atoms with Gasteiger partial charge in [-0.05, 0) is 30.5 Å². The second-order valence-electron chi connectivity index (χ2n) is 4.00. The lowest BCUT2D eigenvalue weighted by Gasteiger charge is -2.14. The number of halogens is 3. The second kappa shape index (κ2) is 4.28. The van der Waals surface area contributed by atoms with Crippen LogP contribution in [0.5, 0.6) is 0 Å². The molecule has 1 aromatic rings. The van der Waals surface area contributed by atoms with Crippen LogP contribution in [0, 0.1) is 5.82 Å². The van der Waals surface area contributed by atoms with Gasteiger partial charge >= 0.3 is 0 Å². The minimum absolute atomic E-state index is 0.0965. The Hall–Kier alpha value is -0.310. The third-order valence-corrected chi connectivity index (χ3v) is 3.64. The first kappa shape index (κ1) is 11.2. The molecule has 82 valence electrons. The van der Waals surface area contributed by atoms with Crippen molar-refractivity contribution in [3.63, 3.8) is 0 Å². The normalized spacial score (nSPS) is 17.8. The summed E-state index contributed by atoms with van der Waals surface area (Å²) in [5.41, 5.74) is 1.01. The van der Waals surface area contributed by atoms with E-state index in [0.29, 0.717) is 17.4 Å². The first-order valence-electron chi connectivity index (χ1n) is 4.90. The lowest BCUT2D eigenvalue weighted by molar-refractivity contribution is 0.542. The molecule has 0 radical (unpaired) electrons. The molecule has 1 N–H and O–H groups in total. The van der Waals surface area contributed by atoms with Gasteiger partial charge in [-0.25, -0.2) is 4.39 Å². The molecule has 0 unspecified atom stereocenters. The van der Waals surface area contributed by atoms with Crippen LogP contribution in [-0.4, -0.2) is 11.4 Å². The maximum absolute atomic E-state index is 12.8. The number of benzene rings is 1. The number of hydrogen-bond donors (Lipinski definition) is 1. The summed E-state index contributed by atoms with van der Waals surface area (Å²) < 4.78 is 12.8. The standard InChI is InChI=1S/C11H12Cl2FN/c12-7-11(3-4-11)15-6-8-1-2-9(14)5-10(8)13/h1-2,5,15H,3-4,6-7H2. The van der Waals surface area contributed by atoms with Crippen LogP contribution in [0.2, 0.25) is 5.02 Å². The van der Waals surface area contributed by atoms with Crippen molar-refractivity contribution >= 4 is 23.2 Å². The first-order valence-corrected chi connectivity index (χ1v) is 5.81. The molecule has 0 aromatic heterocycles. The lowest BCUT2D eigenvalue weighted by Crippen LogP contribution is -2.32. The molecule has 1 saturated carbocycles. The Morgan fingerprint density at radius 2 is 2.13 bits per heavy atom. The van der Waals surface area contributed by atoms with Gasteiger partial charge in [-0.3, -0.25) is 0 Å². The van der Waals surface area contributed by atoms with Gasteiger partial charge in [-0.1, -0.05) is 17.7 Å². The summed E-state index contributed by atoms with van der Waals surface area (Å²) >= 11 is 11.7. The summed E-state index contributed by atoms with van der Waals surface area (Å²) in [4.78, 5) is 0. The van der Waals surface area contributed by atoms with E-state index >= 15 is 0 Å². The molecule has 0 atom stereocenters. The Labute approximate surface area is 98.6 Å². The molecule has 1 aromatic carbocycles. The largest absolute Gasteiger partial charge is 0.306 e. The van der Waals surface area contributed by atoms with Gasteiger partial charge in [-0.15, -0.1) is 11.6 Å². The monoisotopic (exact) mass is 247 g/mol. The van der Waals surface area contributed by atoms with Crippen molar-refractivity contribution in [2.75, 3.05) is 5.88 Å². The van der Waals surface area contributed by atoms with Gasteiger partial charge in [-0.2, -0.15) is 0 Å². The van der Waals surface area contributed by atoms with Crippen molar-refractivity contribution in [1.29, 1.82) is 0 Å². The average molecular weight is 248 g/mol. The Balaban J connectivity index is 1.99. The maximum Gasteiger partial charge on any atom is 0.124 e. The van der Waals surface area contributed by atoms with E-state index in [1.165, 1.54) is 12.1 Å². The zero-order chi connectivity index (χ0) is 10.9. The molecule has 0 spiro atoms. The van der Waals surface area contributed by atoms with Crippen LogP contribution >= 0.6 is 23.2 Å². The fraction of sp³-hybridized carbons (Fsp3) is 0.455. The van der Waals surface area contributed by atoms with Crippen LogP contribution in [0.3, 0.4) is 0 Å². The van der Waals surface area contributed by atoms with Crippen molar-refractivity contribution in [3.05, 3.63) is 34.6 Å². The summed E-state index contributed by atoms with van der Waals surface area (Å²) in [5, 5.41) is 3.82. The van der Waals surface area contributed by atoms with Crippen molar-refractivity contribution in [3.8, 4) is 0 Å². The molecular formula is C11H12Cl2FN. The van der Waals surface area contributed by atoms with Crippen molar-refractivity contribution in [2.45, 2.75) is 24.9 Å². The highest BCUT2D eigenvalue weighted by Crippen LogP contribution is 2.36. The number of nitrogens with one attached hydrogen (secondary N) is 1. The van der Waals surface area contributed by atoms with Gasteiger partial charge in [0.15, 0.2) is 0 Å². The van der Waals surface area contributed by atoms with Crippen LogP contribution in [0.15, 0.2) is 18.2 Å². The molecule has 1 aliphatic carbocycles. The average Bonchev–Trinajstić information content (AvgIpc) is 2.97. The highest BCUT2D eigenvalue weighted by molar-refractivity contribution is 6.31. The summed E-state index contributed by atoms with van der Waals surface area (Å²) in [6, 6.07) is 4.46. The highest BCUT2D eigenvalue weighted by Gasteiger charge is 2.41. The van der Waals surface area contributed by atoms with E-state index in [-0.39, 0.29) is 11.4 Å². The Kier molecular flexibility index (Phi) is 3.19. The minimum Gasteiger partial charge on any atom is -0.306 e. The topological polar surface area (TPSA) is 12.0 Å². The third-order valence-electron chi connectivity index (χ3n) is 2.78. The Morgan fingerprint density at radius 3 is 2.67 bits per heavy atom. The smallest absolute Gasteiger partial charge is 0.124 e. The fourth-order valence-electron chi connectivity index (χ4n) is 1.46. The van der Waals surface area contributed by atoms with E-state index in [0.717, 1.165) is 18.4 Å². The molecule has 4 heteroatoms. The van der Waals surface area contributed by atoms with E-state index in [1.54, 1.807) is 6.07 Å². The van der Waals surface area contributed by atoms with E-state index in [9.17, 15) is 4.39 Å². The van der Waals surface area contributed by atoms with Crippen LogP contribution < -0.4 is 5.32 Å². The number of hydrogen-bond acceptors (Lipinski definition) is 1. The van der Waals surface area contributed by atoms with Gasteiger partial charge in [0, 0.05) is 23.0 Å². The predicted molar refractivity (Wildman–Crippen MR) is 60.9 cm³/mol. The van der Waals surface area contributed by atoms with Crippen molar-refractivity contribution in [1.82, 2.24) is 5.32 Å². The Morgan fingerprint density at radius 1 is 1.40 bits per heavy atom. The quantitative estimate of drug-likeness (QED) is 0.806. The van der Waals surface area contributed by atoms with Crippen molar-refractivity contribution < 1.29 is 4.39 Å². The summed E-state index contributed by atoms with van der Waals surface area (Å²) in [5.74, 6) is 0.313. The van der Waals surface area contributed by atoms with E-state index in [2.05, 4.69) is 5.32 Å². The van der Waals surface area contributed by atoms with Crippen LogP contribution in [-0.2, 0) is 6.54 Å². The molecule has 1 nitrogen and oxygen atoms in total. The maximum atomic E-state index is 12.8. The van der Waals surface area contributed by atoms with E-state index in [1.807, 2.05) is 0 Å². The second-order valence-corrected chi connectivity index (χ2v) is 4.68. The zero-order valence-electron chi connectivity index (χ0n) is 8.19. The first-order chi connectivity index (χ1) is 7.15. The molecule has 0 amide bonds.